The molecule has 1 fully saturated rings. The van der Waals surface area contributed by atoms with Gasteiger partial charge < -0.3 is 24.4 Å². The highest BCUT2D eigenvalue weighted by Crippen LogP contribution is 2.46. The number of benzene rings is 2. The molecule has 3 unspecified atom stereocenters. The molecule has 0 spiro atoms. The fourth-order valence-corrected chi connectivity index (χ4v) is 4.12. The Kier molecular flexibility index (Phi) is 5.58. The Hall–Kier alpha value is -2.08. The van der Waals surface area contributed by atoms with Crippen molar-refractivity contribution in [1.29, 1.82) is 0 Å². The number of hydrogen-bond acceptors (Lipinski definition) is 5. The number of rotatable bonds is 5. The lowest BCUT2D eigenvalue weighted by Gasteiger charge is -2.33. The molecule has 0 aromatic heterocycles. The zero-order valence-electron chi connectivity index (χ0n) is 16.5. The van der Waals surface area contributed by atoms with Gasteiger partial charge in [-0.25, -0.2) is 0 Å². The van der Waals surface area contributed by atoms with Gasteiger partial charge in [0.1, 0.15) is 0 Å². The van der Waals surface area contributed by atoms with Crippen molar-refractivity contribution < 1.29 is 24.4 Å². The Morgan fingerprint density at radius 1 is 1.04 bits per heavy atom. The predicted octanol–water partition coefficient (Wildman–Crippen LogP) is 3.45. The molecule has 2 aromatic rings. The number of aryl methyl sites for hydroxylation is 1. The van der Waals surface area contributed by atoms with E-state index in [0.717, 1.165) is 35.3 Å². The molecule has 150 valence electrons. The Labute approximate surface area is 165 Å². The van der Waals surface area contributed by atoms with Crippen molar-refractivity contribution in [2.75, 3.05) is 13.4 Å². The van der Waals surface area contributed by atoms with Gasteiger partial charge in [-0.05, 0) is 48.1 Å². The minimum Gasteiger partial charge on any atom is -0.453 e. The van der Waals surface area contributed by atoms with Crippen LogP contribution in [0.2, 0.25) is 0 Å². The summed E-state index contributed by atoms with van der Waals surface area (Å²) < 4.78 is 17.6. The minimum atomic E-state index is -0.500. The van der Waals surface area contributed by atoms with E-state index in [2.05, 4.69) is 44.2 Å². The van der Waals surface area contributed by atoms with E-state index in [1.54, 1.807) is 0 Å². The quantitative estimate of drug-likeness (QED) is 0.826. The van der Waals surface area contributed by atoms with Crippen LogP contribution in [-0.2, 0) is 17.6 Å². The fourth-order valence-electron chi connectivity index (χ4n) is 4.12. The summed E-state index contributed by atoms with van der Waals surface area (Å²) >= 11 is 0. The van der Waals surface area contributed by atoms with Crippen molar-refractivity contribution in [3.8, 4) is 11.5 Å². The van der Waals surface area contributed by atoms with E-state index in [1.807, 2.05) is 0 Å². The first-order chi connectivity index (χ1) is 13.6. The van der Waals surface area contributed by atoms with E-state index >= 15 is 0 Å². The smallest absolute Gasteiger partial charge is 0.231 e. The molecule has 3 atom stereocenters. The van der Waals surface area contributed by atoms with E-state index in [-0.39, 0.29) is 25.6 Å². The second-order valence-corrected chi connectivity index (χ2v) is 7.72. The van der Waals surface area contributed by atoms with Gasteiger partial charge in [0.2, 0.25) is 6.79 Å². The molecular weight excluding hydrogens is 356 g/mol. The molecule has 0 saturated carbocycles. The van der Waals surface area contributed by atoms with Crippen LogP contribution in [0, 0.1) is 6.92 Å². The molecule has 4 rings (SSSR count). The van der Waals surface area contributed by atoms with Crippen molar-refractivity contribution in [2.24, 2.45) is 0 Å². The fraction of sp³-hybridized carbons (Fsp3) is 0.478. The molecule has 5 heteroatoms. The summed E-state index contributed by atoms with van der Waals surface area (Å²) in [6, 6.07) is 10.8. The number of aliphatic hydroxyl groups excluding tert-OH is 2. The largest absolute Gasteiger partial charge is 0.453 e. The minimum absolute atomic E-state index is 0.102. The van der Waals surface area contributed by atoms with Crippen LogP contribution in [-0.4, -0.2) is 35.8 Å². The summed E-state index contributed by atoms with van der Waals surface area (Å²) in [7, 11) is 0. The van der Waals surface area contributed by atoms with E-state index in [4.69, 9.17) is 14.2 Å². The van der Waals surface area contributed by atoms with Crippen LogP contribution in [0.15, 0.2) is 30.3 Å². The van der Waals surface area contributed by atoms with Crippen molar-refractivity contribution >= 4 is 0 Å². The normalized spacial score (nSPS) is 23.8. The molecule has 1 saturated heterocycles. The van der Waals surface area contributed by atoms with Crippen molar-refractivity contribution in [3.63, 3.8) is 0 Å². The third-order valence-electron chi connectivity index (χ3n) is 5.78. The van der Waals surface area contributed by atoms with Crippen LogP contribution < -0.4 is 9.47 Å². The Bertz CT molecular complexity index is 830. The number of aliphatic hydroxyl groups is 2. The van der Waals surface area contributed by atoms with Crippen molar-refractivity contribution in [2.45, 2.75) is 57.8 Å². The maximum Gasteiger partial charge on any atom is 0.231 e. The summed E-state index contributed by atoms with van der Waals surface area (Å²) in [5.74, 6) is 1.47. The van der Waals surface area contributed by atoms with E-state index < -0.39 is 6.10 Å². The van der Waals surface area contributed by atoms with Gasteiger partial charge in [-0.15, -0.1) is 0 Å². The summed E-state index contributed by atoms with van der Waals surface area (Å²) in [6.07, 6.45) is 1.57. The molecule has 2 aliphatic heterocycles. The van der Waals surface area contributed by atoms with E-state index in [9.17, 15) is 10.2 Å². The second kappa shape index (κ2) is 8.11. The first-order valence-corrected chi connectivity index (χ1v) is 10.0. The maximum atomic E-state index is 10.2. The number of ether oxygens (including phenoxy) is 3. The van der Waals surface area contributed by atoms with Gasteiger partial charge in [0, 0.05) is 18.4 Å². The average molecular weight is 384 g/mol. The molecule has 0 bridgehead atoms. The molecule has 2 aliphatic rings. The summed E-state index contributed by atoms with van der Waals surface area (Å²) in [6.45, 7) is 4.30. The first-order valence-electron chi connectivity index (χ1n) is 10.0. The van der Waals surface area contributed by atoms with E-state index in [1.165, 1.54) is 11.1 Å². The summed E-state index contributed by atoms with van der Waals surface area (Å²) in [4.78, 5) is 0. The molecule has 2 N–H and O–H groups in total. The Balaban J connectivity index is 1.69. The van der Waals surface area contributed by atoms with Crippen LogP contribution in [0.1, 0.15) is 53.7 Å². The lowest BCUT2D eigenvalue weighted by Crippen LogP contribution is -2.33. The van der Waals surface area contributed by atoms with Gasteiger partial charge in [0.05, 0.1) is 24.9 Å². The first kappa shape index (κ1) is 19.2. The van der Waals surface area contributed by atoms with Gasteiger partial charge in [0.25, 0.3) is 0 Å². The Morgan fingerprint density at radius 3 is 2.46 bits per heavy atom. The molecule has 0 aliphatic carbocycles. The lowest BCUT2D eigenvalue weighted by molar-refractivity contribution is -0.114. The highest BCUT2D eigenvalue weighted by molar-refractivity contribution is 5.58. The third-order valence-corrected chi connectivity index (χ3v) is 5.78. The standard InChI is InChI=1S/C23H28O5/c1-3-15-4-6-16(7-5-15)8-17-9-20(23-22(14(17)2)26-13-27-23)21-11-18(25)10-19(12-24)28-21/h4-7,9,18-19,21,24-25H,3,8,10-13H2,1-2H3. The molecular formula is C23H28O5. The SMILES string of the molecule is CCc1ccc(Cc2cc(C3CC(O)CC(CO)O3)c3c(c2C)OCO3)cc1. The highest BCUT2D eigenvalue weighted by Gasteiger charge is 2.34. The predicted molar refractivity (Wildman–Crippen MR) is 106 cm³/mol. The molecule has 0 amide bonds. The highest BCUT2D eigenvalue weighted by atomic mass is 16.7. The maximum absolute atomic E-state index is 10.2. The topological polar surface area (TPSA) is 68.2 Å². The second-order valence-electron chi connectivity index (χ2n) is 7.72. The molecule has 28 heavy (non-hydrogen) atoms. The van der Waals surface area contributed by atoms with Crippen molar-refractivity contribution in [1.82, 2.24) is 0 Å². The van der Waals surface area contributed by atoms with Gasteiger partial charge >= 0.3 is 0 Å². The van der Waals surface area contributed by atoms with Crippen LogP contribution in [0.5, 0.6) is 11.5 Å². The van der Waals surface area contributed by atoms with Crippen LogP contribution in [0.3, 0.4) is 0 Å². The van der Waals surface area contributed by atoms with Gasteiger partial charge in [-0.3, -0.25) is 0 Å². The van der Waals surface area contributed by atoms with Gasteiger partial charge in [-0.2, -0.15) is 0 Å². The zero-order valence-corrected chi connectivity index (χ0v) is 16.5. The lowest BCUT2D eigenvalue weighted by atomic mass is 9.90. The molecule has 5 nitrogen and oxygen atoms in total. The van der Waals surface area contributed by atoms with Crippen molar-refractivity contribution in [3.05, 3.63) is 58.1 Å². The third kappa shape index (κ3) is 3.75. The molecule has 2 aromatic carbocycles. The zero-order chi connectivity index (χ0) is 19.7. The monoisotopic (exact) mass is 384 g/mol. The van der Waals surface area contributed by atoms with Gasteiger partial charge in [-0.1, -0.05) is 31.2 Å². The average Bonchev–Trinajstić information content (AvgIpc) is 3.20. The van der Waals surface area contributed by atoms with Crippen LogP contribution in [0.25, 0.3) is 0 Å². The summed E-state index contributed by atoms with van der Waals surface area (Å²) in [5, 5.41) is 19.7. The molecule has 0 radical (unpaired) electrons. The van der Waals surface area contributed by atoms with E-state index in [0.29, 0.717) is 18.6 Å². The number of fused-ring (bicyclic) bond motifs is 1. The van der Waals surface area contributed by atoms with Crippen LogP contribution >= 0.6 is 0 Å². The molecule has 2 heterocycles. The Morgan fingerprint density at radius 2 is 1.75 bits per heavy atom. The van der Waals surface area contributed by atoms with Gasteiger partial charge in [0.15, 0.2) is 11.5 Å². The van der Waals surface area contributed by atoms with Crippen LogP contribution in [0.4, 0.5) is 0 Å². The number of hydrogen-bond donors (Lipinski definition) is 2. The summed E-state index contributed by atoms with van der Waals surface area (Å²) in [5.41, 5.74) is 5.70.